The van der Waals surface area contributed by atoms with Gasteiger partial charge in [0.05, 0.1) is 11.9 Å². The van der Waals surface area contributed by atoms with Crippen LogP contribution in [-0.2, 0) is 6.42 Å². The zero-order chi connectivity index (χ0) is 13.1. The van der Waals surface area contributed by atoms with Gasteiger partial charge in [0.2, 0.25) is 0 Å². The maximum absolute atomic E-state index is 13.1. The number of benzene rings is 1. The summed E-state index contributed by atoms with van der Waals surface area (Å²) in [4.78, 5) is 15.9. The van der Waals surface area contributed by atoms with E-state index in [9.17, 15) is 9.18 Å². The first-order valence-electron chi connectivity index (χ1n) is 5.25. The van der Waals surface area contributed by atoms with E-state index in [1.165, 1.54) is 18.3 Å². The minimum Gasteiger partial charge on any atom is -0.397 e. The molecule has 0 spiro atoms. The van der Waals surface area contributed by atoms with Crippen LogP contribution in [-0.4, -0.2) is 10.8 Å². The van der Waals surface area contributed by atoms with E-state index < -0.39 is 0 Å². The Balaban J connectivity index is 2.21. The molecule has 0 saturated carbocycles. The minimum atomic E-state index is -0.369. The summed E-state index contributed by atoms with van der Waals surface area (Å²) in [6, 6.07) is 7.42. The number of halogens is 2. The van der Waals surface area contributed by atoms with Crippen molar-refractivity contribution in [1.82, 2.24) is 4.98 Å². The molecule has 0 aliphatic carbocycles. The predicted octanol–water partition coefficient (Wildman–Crippen LogP) is 2.99. The Morgan fingerprint density at radius 2 is 2.11 bits per heavy atom. The molecule has 92 valence electrons. The van der Waals surface area contributed by atoms with Crippen LogP contribution in [0.2, 0.25) is 0 Å². The lowest BCUT2D eigenvalue weighted by Crippen LogP contribution is -2.07. The summed E-state index contributed by atoms with van der Waals surface area (Å²) in [5, 5.41) is 0. The minimum absolute atomic E-state index is 0.0925. The number of anilines is 1. The smallest absolute Gasteiger partial charge is 0.185 e. The van der Waals surface area contributed by atoms with E-state index >= 15 is 0 Å². The van der Waals surface area contributed by atoms with E-state index in [1.807, 2.05) is 0 Å². The summed E-state index contributed by atoms with van der Waals surface area (Å²) in [6.45, 7) is 0. The largest absolute Gasteiger partial charge is 0.397 e. The standard InChI is InChI=1S/C13H10BrFN2O/c14-11-3-1-9(15)5-8(11)6-13(18)12-4-2-10(16)7-17-12/h1-5,7H,6,16H2. The summed E-state index contributed by atoms with van der Waals surface area (Å²) < 4.78 is 13.8. The lowest BCUT2D eigenvalue weighted by molar-refractivity contribution is 0.0988. The van der Waals surface area contributed by atoms with Crippen LogP contribution in [0.4, 0.5) is 10.1 Å². The maximum atomic E-state index is 13.1. The van der Waals surface area contributed by atoms with Gasteiger partial charge in [-0.2, -0.15) is 0 Å². The van der Waals surface area contributed by atoms with Crippen molar-refractivity contribution in [1.29, 1.82) is 0 Å². The molecule has 0 fully saturated rings. The van der Waals surface area contributed by atoms with E-state index in [1.54, 1.807) is 18.2 Å². The number of aromatic nitrogens is 1. The summed E-state index contributed by atoms with van der Waals surface area (Å²) in [5.74, 6) is -0.549. The molecule has 0 bridgehead atoms. The zero-order valence-electron chi connectivity index (χ0n) is 9.36. The molecule has 18 heavy (non-hydrogen) atoms. The number of nitrogens with zero attached hydrogens (tertiary/aromatic N) is 1. The molecular formula is C13H10BrFN2O. The molecule has 5 heteroatoms. The second-order valence-corrected chi connectivity index (χ2v) is 4.67. The Morgan fingerprint density at radius 3 is 2.78 bits per heavy atom. The molecule has 1 heterocycles. The number of carbonyl (C=O) groups excluding carboxylic acids is 1. The van der Waals surface area contributed by atoms with Crippen molar-refractivity contribution in [2.75, 3.05) is 5.73 Å². The van der Waals surface area contributed by atoms with Gasteiger partial charge in [0.25, 0.3) is 0 Å². The molecule has 3 nitrogen and oxygen atoms in total. The van der Waals surface area contributed by atoms with Crippen LogP contribution < -0.4 is 5.73 Å². The molecule has 2 N–H and O–H groups in total. The van der Waals surface area contributed by atoms with Gasteiger partial charge in [0.1, 0.15) is 11.5 Å². The van der Waals surface area contributed by atoms with Gasteiger partial charge in [0, 0.05) is 10.9 Å². The van der Waals surface area contributed by atoms with Gasteiger partial charge in [-0.05, 0) is 35.9 Å². The molecule has 0 amide bonds. The van der Waals surface area contributed by atoms with Crippen molar-refractivity contribution in [3.63, 3.8) is 0 Å². The second kappa shape index (κ2) is 5.27. The van der Waals surface area contributed by atoms with Gasteiger partial charge in [-0.3, -0.25) is 9.78 Å². The number of pyridine rings is 1. The van der Waals surface area contributed by atoms with Gasteiger partial charge in [0.15, 0.2) is 5.78 Å². The topological polar surface area (TPSA) is 56.0 Å². The van der Waals surface area contributed by atoms with Gasteiger partial charge in [-0.25, -0.2) is 4.39 Å². The Hall–Kier alpha value is -1.75. The third kappa shape index (κ3) is 2.92. The van der Waals surface area contributed by atoms with Crippen LogP contribution in [0.3, 0.4) is 0 Å². The van der Waals surface area contributed by atoms with Gasteiger partial charge in [-0.15, -0.1) is 0 Å². The molecule has 0 atom stereocenters. The van der Waals surface area contributed by atoms with Crippen LogP contribution in [0.1, 0.15) is 16.1 Å². The molecular weight excluding hydrogens is 299 g/mol. The first-order valence-corrected chi connectivity index (χ1v) is 6.04. The fourth-order valence-electron chi connectivity index (χ4n) is 1.51. The Bertz CT molecular complexity index is 584. The van der Waals surface area contributed by atoms with Crippen molar-refractivity contribution in [2.24, 2.45) is 0 Å². The number of nitrogens with two attached hydrogens (primary N) is 1. The third-order valence-electron chi connectivity index (χ3n) is 2.43. The molecule has 2 aromatic rings. The molecule has 1 aromatic carbocycles. The molecule has 0 saturated heterocycles. The number of ketones is 1. The molecule has 0 aliphatic heterocycles. The average Bonchev–Trinajstić information content (AvgIpc) is 2.34. The highest BCUT2D eigenvalue weighted by Crippen LogP contribution is 2.19. The third-order valence-corrected chi connectivity index (χ3v) is 3.20. The van der Waals surface area contributed by atoms with E-state index in [4.69, 9.17) is 5.73 Å². The molecule has 0 unspecified atom stereocenters. The quantitative estimate of drug-likeness (QED) is 0.887. The Kier molecular flexibility index (Phi) is 3.72. The first kappa shape index (κ1) is 12.7. The highest BCUT2D eigenvalue weighted by atomic mass is 79.9. The predicted molar refractivity (Wildman–Crippen MR) is 70.8 cm³/mol. The van der Waals surface area contributed by atoms with Crippen molar-refractivity contribution >= 4 is 27.4 Å². The first-order chi connectivity index (χ1) is 8.56. The number of carbonyl (C=O) groups is 1. The number of rotatable bonds is 3. The van der Waals surface area contributed by atoms with Crippen LogP contribution in [0.5, 0.6) is 0 Å². The lowest BCUT2D eigenvalue weighted by Gasteiger charge is -2.04. The monoisotopic (exact) mass is 308 g/mol. The van der Waals surface area contributed by atoms with Crippen LogP contribution >= 0.6 is 15.9 Å². The van der Waals surface area contributed by atoms with E-state index in [0.29, 0.717) is 21.4 Å². The lowest BCUT2D eigenvalue weighted by atomic mass is 10.1. The number of hydrogen-bond acceptors (Lipinski definition) is 3. The normalized spacial score (nSPS) is 10.3. The van der Waals surface area contributed by atoms with Crippen molar-refractivity contribution in [3.8, 4) is 0 Å². The highest BCUT2D eigenvalue weighted by molar-refractivity contribution is 9.10. The van der Waals surface area contributed by atoms with E-state index in [0.717, 1.165) is 0 Å². The fraction of sp³-hybridized carbons (Fsp3) is 0.0769. The zero-order valence-corrected chi connectivity index (χ0v) is 10.9. The summed E-state index contributed by atoms with van der Waals surface area (Å²) in [7, 11) is 0. The number of Topliss-reactive ketones (excluding diaryl/α,β-unsaturated/α-hetero) is 1. The van der Waals surface area contributed by atoms with Gasteiger partial charge >= 0.3 is 0 Å². The Morgan fingerprint density at radius 1 is 1.33 bits per heavy atom. The van der Waals surface area contributed by atoms with Crippen molar-refractivity contribution in [2.45, 2.75) is 6.42 Å². The van der Waals surface area contributed by atoms with Crippen LogP contribution in [0, 0.1) is 5.82 Å². The summed E-state index contributed by atoms with van der Waals surface area (Å²) >= 11 is 3.28. The highest BCUT2D eigenvalue weighted by Gasteiger charge is 2.11. The van der Waals surface area contributed by atoms with Crippen LogP contribution in [0.25, 0.3) is 0 Å². The van der Waals surface area contributed by atoms with Crippen LogP contribution in [0.15, 0.2) is 41.0 Å². The number of nitrogen functional groups attached to an aromatic ring is 1. The SMILES string of the molecule is Nc1ccc(C(=O)Cc2cc(F)ccc2Br)nc1. The molecule has 0 aliphatic rings. The van der Waals surface area contributed by atoms with Gasteiger partial charge in [-0.1, -0.05) is 15.9 Å². The Labute approximate surface area is 112 Å². The molecule has 1 aromatic heterocycles. The number of hydrogen-bond donors (Lipinski definition) is 1. The van der Waals surface area contributed by atoms with E-state index in [-0.39, 0.29) is 18.0 Å². The summed E-state index contributed by atoms with van der Waals surface area (Å²) in [6.07, 6.45) is 1.52. The second-order valence-electron chi connectivity index (χ2n) is 3.81. The average molecular weight is 309 g/mol. The van der Waals surface area contributed by atoms with Crippen molar-refractivity contribution < 1.29 is 9.18 Å². The van der Waals surface area contributed by atoms with E-state index in [2.05, 4.69) is 20.9 Å². The van der Waals surface area contributed by atoms with Gasteiger partial charge < -0.3 is 5.73 Å². The summed E-state index contributed by atoms with van der Waals surface area (Å²) in [5.41, 5.74) is 6.91. The molecule has 0 radical (unpaired) electrons. The molecule has 2 rings (SSSR count). The van der Waals surface area contributed by atoms with Crippen molar-refractivity contribution in [3.05, 3.63) is 58.1 Å². The maximum Gasteiger partial charge on any atom is 0.185 e. The fourth-order valence-corrected chi connectivity index (χ4v) is 1.90.